The highest BCUT2D eigenvalue weighted by molar-refractivity contribution is 5.95. The first-order valence-corrected chi connectivity index (χ1v) is 12.3. The summed E-state index contributed by atoms with van der Waals surface area (Å²) in [4.78, 5) is 53.0. The molecule has 0 radical (unpaired) electrons. The van der Waals surface area contributed by atoms with E-state index in [1.807, 2.05) is 0 Å². The van der Waals surface area contributed by atoms with Gasteiger partial charge < -0.3 is 10.6 Å². The van der Waals surface area contributed by atoms with Crippen LogP contribution in [-0.2, 0) is 9.59 Å². The number of hydrogen-bond donors (Lipinski definition) is 2. The molecule has 3 rings (SSSR count). The van der Waals surface area contributed by atoms with Crippen LogP contribution in [0.2, 0.25) is 0 Å². The second-order valence-corrected chi connectivity index (χ2v) is 10.9. The lowest BCUT2D eigenvalue weighted by Crippen LogP contribution is -2.57. The van der Waals surface area contributed by atoms with Crippen LogP contribution in [0.15, 0.2) is 0 Å². The molecule has 0 aromatic rings. The van der Waals surface area contributed by atoms with E-state index in [-0.39, 0.29) is 40.7 Å². The van der Waals surface area contributed by atoms with Gasteiger partial charge in [-0.05, 0) is 55.8 Å². The fraction of sp³-hybridized carbons (Fsp3) is 0.833. The third kappa shape index (κ3) is 6.01. The quantitative estimate of drug-likeness (QED) is 0.686. The van der Waals surface area contributed by atoms with E-state index < -0.39 is 0 Å². The summed E-state index contributed by atoms with van der Waals surface area (Å²) in [7, 11) is 0. The smallest absolute Gasteiger partial charge is 0.324 e. The van der Waals surface area contributed by atoms with Gasteiger partial charge in [-0.1, -0.05) is 33.6 Å². The lowest BCUT2D eigenvalue weighted by atomic mass is 9.63. The first-order chi connectivity index (χ1) is 15.1. The van der Waals surface area contributed by atoms with Gasteiger partial charge in [0.25, 0.3) is 0 Å². The molecule has 180 valence electrons. The average Bonchev–Trinajstić information content (AvgIpc) is 3.09. The van der Waals surface area contributed by atoms with Gasteiger partial charge in [-0.25, -0.2) is 9.59 Å². The minimum atomic E-state index is -0.307. The summed E-state index contributed by atoms with van der Waals surface area (Å²) < 4.78 is 0. The molecule has 2 atom stereocenters. The van der Waals surface area contributed by atoms with Crippen LogP contribution in [-0.4, -0.2) is 59.4 Å². The van der Waals surface area contributed by atoms with Crippen LogP contribution in [0.25, 0.3) is 0 Å². The van der Waals surface area contributed by atoms with Gasteiger partial charge in [0, 0.05) is 38.5 Å². The van der Waals surface area contributed by atoms with E-state index in [0.717, 1.165) is 51.4 Å². The standard InChI is InChI=1S/C24H40N4O4/c1-23(2)12-13-24(3,17-25-21(31)27-14-8-4-6-10-19(27)29)16-18(23)26-22(32)28-15-9-5-7-11-20(28)30/h18H,4-17H2,1-3H3,(H,25,31)(H,26,32). The number of imide groups is 2. The highest BCUT2D eigenvalue weighted by Crippen LogP contribution is 2.45. The first kappa shape index (κ1) is 24.5. The third-order valence-corrected chi connectivity index (χ3v) is 7.61. The number of hydrogen-bond acceptors (Lipinski definition) is 4. The lowest BCUT2D eigenvalue weighted by Gasteiger charge is -2.48. The van der Waals surface area contributed by atoms with Gasteiger partial charge >= 0.3 is 12.1 Å². The van der Waals surface area contributed by atoms with Crippen LogP contribution in [0, 0.1) is 10.8 Å². The highest BCUT2D eigenvalue weighted by atomic mass is 16.2. The number of urea groups is 2. The molecule has 2 heterocycles. The molecular weight excluding hydrogens is 408 g/mol. The molecule has 1 saturated carbocycles. The van der Waals surface area contributed by atoms with E-state index >= 15 is 0 Å². The molecule has 2 saturated heterocycles. The van der Waals surface area contributed by atoms with Gasteiger partial charge in [0.15, 0.2) is 0 Å². The van der Waals surface area contributed by atoms with E-state index in [1.54, 1.807) is 0 Å². The molecule has 0 aromatic carbocycles. The topological polar surface area (TPSA) is 98.8 Å². The van der Waals surface area contributed by atoms with Crippen LogP contribution in [0.1, 0.15) is 91.4 Å². The summed E-state index contributed by atoms with van der Waals surface area (Å²) in [5.41, 5.74) is -0.296. The number of rotatable bonds is 3. The number of nitrogens with zero attached hydrogens (tertiary/aromatic N) is 2. The van der Waals surface area contributed by atoms with Crippen molar-refractivity contribution in [3.8, 4) is 0 Å². The van der Waals surface area contributed by atoms with Gasteiger partial charge in [-0.15, -0.1) is 0 Å². The van der Waals surface area contributed by atoms with Crippen LogP contribution in [0.3, 0.4) is 0 Å². The van der Waals surface area contributed by atoms with Crippen molar-refractivity contribution in [1.82, 2.24) is 20.4 Å². The zero-order chi connectivity index (χ0) is 23.4. The molecule has 2 N–H and O–H groups in total. The minimum absolute atomic E-state index is 0.0919. The van der Waals surface area contributed by atoms with Crippen molar-refractivity contribution in [3.63, 3.8) is 0 Å². The molecule has 32 heavy (non-hydrogen) atoms. The Labute approximate surface area is 191 Å². The fourth-order valence-electron chi connectivity index (χ4n) is 5.08. The Morgan fingerprint density at radius 3 is 2.00 bits per heavy atom. The number of carbonyl (C=O) groups is 4. The predicted molar refractivity (Wildman–Crippen MR) is 122 cm³/mol. The van der Waals surface area contributed by atoms with Gasteiger partial charge in [0.1, 0.15) is 0 Å². The number of carbonyl (C=O) groups excluding carboxylic acids is 4. The maximum atomic E-state index is 12.9. The van der Waals surface area contributed by atoms with Crippen molar-refractivity contribution in [2.45, 2.75) is 97.4 Å². The van der Waals surface area contributed by atoms with E-state index in [4.69, 9.17) is 0 Å². The predicted octanol–water partition coefficient (Wildman–Crippen LogP) is 3.80. The van der Waals surface area contributed by atoms with Gasteiger partial charge in [-0.2, -0.15) is 0 Å². The van der Waals surface area contributed by atoms with Crippen LogP contribution >= 0.6 is 0 Å². The SMILES string of the molecule is CC1(CNC(=O)N2CCCCCC2=O)CCC(C)(C)C(NC(=O)N2CCCCCC2=O)C1. The van der Waals surface area contributed by atoms with Crippen molar-refractivity contribution in [3.05, 3.63) is 0 Å². The average molecular weight is 449 g/mol. The Morgan fingerprint density at radius 2 is 1.41 bits per heavy atom. The molecule has 3 fully saturated rings. The van der Waals surface area contributed by atoms with Crippen molar-refractivity contribution in [2.75, 3.05) is 19.6 Å². The van der Waals surface area contributed by atoms with Crippen molar-refractivity contribution >= 4 is 23.9 Å². The number of likely N-dealkylation sites (tertiary alicyclic amines) is 2. The molecule has 0 bridgehead atoms. The zero-order valence-corrected chi connectivity index (χ0v) is 20.0. The summed E-state index contributed by atoms with van der Waals surface area (Å²) >= 11 is 0. The minimum Gasteiger partial charge on any atom is -0.337 e. The Bertz CT molecular complexity index is 738. The van der Waals surface area contributed by atoms with Crippen LogP contribution < -0.4 is 10.6 Å². The zero-order valence-electron chi connectivity index (χ0n) is 20.0. The fourth-order valence-corrected chi connectivity index (χ4v) is 5.08. The normalized spacial score (nSPS) is 29.2. The van der Waals surface area contributed by atoms with Gasteiger partial charge in [0.2, 0.25) is 11.8 Å². The first-order valence-electron chi connectivity index (χ1n) is 12.3. The summed E-state index contributed by atoms with van der Waals surface area (Å²) in [5.74, 6) is -0.187. The molecule has 2 unspecified atom stereocenters. The van der Waals surface area contributed by atoms with Crippen molar-refractivity contribution in [2.24, 2.45) is 10.8 Å². The number of amides is 6. The Hall–Kier alpha value is -2.12. The largest absolute Gasteiger partial charge is 0.337 e. The summed E-state index contributed by atoms with van der Waals surface area (Å²) in [6.45, 7) is 7.85. The molecule has 2 aliphatic heterocycles. The molecule has 8 nitrogen and oxygen atoms in total. The Kier molecular flexibility index (Phi) is 7.83. The van der Waals surface area contributed by atoms with E-state index in [2.05, 4.69) is 31.4 Å². The Morgan fingerprint density at radius 1 is 0.844 bits per heavy atom. The highest BCUT2D eigenvalue weighted by Gasteiger charge is 2.44. The summed E-state index contributed by atoms with van der Waals surface area (Å²) in [6, 6.07) is -0.696. The molecule has 0 aromatic heterocycles. The molecule has 6 amide bonds. The van der Waals surface area contributed by atoms with Crippen LogP contribution in [0.4, 0.5) is 9.59 Å². The lowest BCUT2D eigenvalue weighted by molar-refractivity contribution is -0.128. The van der Waals surface area contributed by atoms with Crippen LogP contribution in [0.5, 0.6) is 0 Å². The third-order valence-electron chi connectivity index (χ3n) is 7.61. The van der Waals surface area contributed by atoms with Crippen molar-refractivity contribution < 1.29 is 19.2 Å². The van der Waals surface area contributed by atoms with Crippen molar-refractivity contribution in [1.29, 1.82) is 0 Å². The van der Waals surface area contributed by atoms with E-state index in [1.165, 1.54) is 9.80 Å². The van der Waals surface area contributed by atoms with Gasteiger partial charge in [0.05, 0.1) is 0 Å². The number of nitrogens with one attached hydrogen (secondary N) is 2. The second kappa shape index (κ2) is 10.2. The molecule has 0 spiro atoms. The summed E-state index contributed by atoms with van der Waals surface area (Å²) in [5, 5.41) is 6.14. The molecule has 8 heteroatoms. The van der Waals surface area contributed by atoms with E-state index in [9.17, 15) is 19.2 Å². The molecule has 3 aliphatic rings. The van der Waals surface area contributed by atoms with Gasteiger partial charge in [-0.3, -0.25) is 19.4 Å². The monoisotopic (exact) mass is 448 g/mol. The second-order valence-electron chi connectivity index (χ2n) is 10.9. The summed E-state index contributed by atoms with van der Waals surface area (Å²) in [6.07, 6.45) is 8.74. The maximum Gasteiger partial charge on any atom is 0.324 e. The van der Waals surface area contributed by atoms with E-state index in [0.29, 0.717) is 38.9 Å². The molecule has 1 aliphatic carbocycles. The Balaban J connectivity index is 1.60. The molecular formula is C24H40N4O4. The maximum absolute atomic E-state index is 12.9.